The average molecular weight is 477 g/mol. The first kappa shape index (κ1) is 22.7. The first-order valence-electron chi connectivity index (χ1n) is 9.83. The van der Waals surface area contributed by atoms with E-state index in [1.807, 2.05) is 0 Å². The highest BCUT2D eigenvalue weighted by Gasteiger charge is 2.42. The monoisotopic (exact) mass is 476 g/mol. The molecule has 1 unspecified atom stereocenters. The highest BCUT2D eigenvalue weighted by molar-refractivity contribution is 6.35. The van der Waals surface area contributed by atoms with Gasteiger partial charge in [0.25, 0.3) is 0 Å². The zero-order valence-electron chi connectivity index (χ0n) is 17.1. The molecule has 0 bridgehead atoms. The molecule has 2 aromatic carbocycles. The van der Waals surface area contributed by atoms with Gasteiger partial charge >= 0.3 is 12.1 Å². The van der Waals surface area contributed by atoms with Crippen LogP contribution in [0, 0.1) is 5.92 Å². The minimum Gasteiger partial charge on any atom is -0.465 e. The van der Waals surface area contributed by atoms with Gasteiger partial charge in [-0.1, -0.05) is 29.8 Å². The van der Waals surface area contributed by atoms with E-state index in [9.17, 15) is 27.6 Å². The quantitative estimate of drug-likeness (QED) is 0.319. The van der Waals surface area contributed by atoms with Gasteiger partial charge in [-0.25, -0.2) is 4.79 Å². The molecule has 170 valence electrons. The lowest BCUT2D eigenvalue weighted by molar-refractivity contribution is -0.137. The number of hydrogen-bond acceptors (Lipinski definition) is 5. The summed E-state index contributed by atoms with van der Waals surface area (Å²) in [5.74, 6) is -3.47. The Balaban J connectivity index is 1.72. The summed E-state index contributed by atoms with van der Waals surface area (Å²) < 4.78 is 45.2. The van der Waals surface area contributed by atoms with Gasteiger partial charge in [-0.05, 0) is 37.1 Å². The summed E-state index contributed by atoms with van der Waals surface area (Å²) in [5.41, 5.74) is -0.208. The second kappa shape index (κ2) is 8.47. The van der Waals surface area contributed by atoms with Crippen molar-refractivity contribution in [2.45, 2.75) is 19.0 Å². The fraction of sp³-hybridized carbons (Fsp3) is 0.217. The number of halogens is 4. The topological polar surface area (TPSA) is 89.1 Å². The fourth-order valence-corrected chi connectivity index (χ4v) is 4.21. The second-order valence-corrected chi connectivity index (χ2v) is 7.88. The summed E-state index contributed by atoms with van der Waals surface area (Å²) in [4.78, 5) is 38.1. The summed E-state index contributed by atoms with van der Waals surface area (Å²) in [6.07, 6.45) is -4.53. The molecule has 0 saturated heterocycles. The number of fused-ring (bicyclic) bond motifs is 1. The Kier molecular flexibility index (Phi) is 5.84. The van der Waals surface area contributed by atoms with Crippen molar-refractivity contribution < 1.29 is 32.3 Å². The largest absolute Gasteiger partial charge is 0.465 e. The Morgan fingerprint density at radius 3 is 2.48 bits per heavy atom. The summed E-state index contributed by atoms with van der Waals surface area (Å²) in [5, 5.41) is 6.58. The van der Waals surface area contributed by atoms with Gasteiger partial charge in [0.2, 0.25) is 0 Å². The number of nitrogens with zero attached hydrogens (tertiary/aromatic N) is 1. The molecule has 10 heteroatoms. The molecule has 1 N–H and O–H groups in total. The number of benzene rings is 2. The van der Waals surface area contributed by atoms with Crippen LogP contribution in [0.5, 0.6) is 0 Å². The molecule has 3 aromatic rings. The molecule has 0 saturated carbocycles. The number of Topliss-reactive ketones (excluding diaryl/α,β-unsaturated/α-hetero) is 2. The maximum atomic E-state index is 13.5. The molecule has 6 nitrogen and oxygen atoms in total. The molecular weight excluding hydrogens is 461 g/mol. The van der Waals surface area contributed by atoms with E-state index in [1.165, 1.54) is 25.3 Å². The third-order valence-electron chi connectivity index (χ3n) is 5.55. The van der Waals surface area contributed by atoms with Gasteiger partial charge in [-0.2, -0.15) is 18.3 Å². The standard InChI is InChI=1S/C23H16ClF3N2O4/c1-33-22(32)12-7-5-11(6-8-12)19-18-16(28-29-19)10-9-13(21(18)31)20(30)17-14(23(25,26)27)3-2-4-15(17)24/h2-8,13H,9-10H2,1H3,(H,28,29). The van der Waals surface area contributed by atoms with Crippen LogP contribution in [0.3, 0.4) is 0 Å². The summed E-state index contributed by atoms with van der Waals surface area (Å²) in [6, 6.07) is 9.19. The van der Waals surface area contributed by atoms with E-state index in [0.717, 1.165) is 12.1 Å². The van der Waals surface area contributed by atoms with Crippen LogP contribution in [0.2, 0.25) is 5.02 Å². The molecule has 33 heavy (non-hydrogen) atoms. The number of esters is 1. The zero-order chi connectivity index (χ0) is 23.9. The summed E-state index contributed by atoms with van der Waals surface area (Å²) in [7, 11) is 1.25. The minimum atomic E-state index is -4.80. The number of aromatic amines is 1. The molecule has 0 aliphatic heterocycles. The van der Waals surface area contributed by atoms with E-state index in [2.05, 4.69) is 14.9 Å². The van der Waals surface area contributed by atoms with Gasteiger partial charge < -0.3 is 4.74 Å². The SMILES string of the molecule is COC(=O)c1ccc(-c2n[nH]c3c2C(=O)C(C(=O)c2c(Cl)cccc2C(F)(F)F)CC3)cc1. The van der Waals surface area contributed by atoms with Crippen LogP contribution in [0.4, 0.5) is 13.2 Å². The fourth-order valence-electron chi connectivity index (χ4n) is 3.94. The average Bonchev–Trinajstić information content (AvgIpc) is 3.23. The number of ether oxygens (including phenoxy) is 1. The number of alkyl halides is 3. The highest BCUT2D eigenvalue weighted by atomic mass is 35.5. The summed E-state index contributed by atoms with van der Waals surface area (Å²) >= 11 is 5.97. The van der Waals surface area contributed by atoms with Crippen LogP contribution >= 0.6 is 11.6 Å². The molecule has 1 atom stereocenters. The van der Waals surface area contributed by atoms with Crippen molar-refractivity contribution in [2.75, 3.05) is 7.11 Å². The molecule has 0 fully saturated rings. The first-order chi connectivity index (χ1) is 15.6. The van der Waals surface area contributed by atoms with E-state index in [0.29, 0.717) is 16.8 Å². The summed E-state index contributed by atoms with van der Waals surface area (Å²) in [6.45, 7) is 0. The second-order valence-electron chi connectivity index (χ2n) is 7.47. The molecule has 0 amide bonds. The number of aryl methyl sites for hydroxylation is 1. The molecule has 1 heterocycles. The van der Waals surface area contributed by atoms with Crippen molar-refractivity contribution in [3.8, 4) is 11.3 Å². The third kappa shape index (κ3) is 4.04. The smallest absolute Gasteiger partial charge is 0.417 e. The Hall–Kier alpha value is -3.46. The maximum Gasteiger partial charge on any atom is 0.417 e. The van der Waals surface area contributed by atoms with E-state index < -0.39 is 40.8 Å². The minimum absolute atomic E-state index is 0.0239. The van der Waals surface area contributed by atoms with E-state index in [1.54, 1.807) is 12.1 Å². The molecule has 4 rings (SSSR count). The Morgan fingerprint density at radius 1 is 1.15 bits per heavy atom. The van der Waals surface area contributed by atoms with Crippen LogP contribution < -0.4 is 0 Å². The maximum absolute atomic E-state index is 13.5. The number of carbonyl (C=O) groups excluding carboxylic acids is 3. The number of methoxy groups -OCH3 is 1. The van der Waals surface area contributed by atoms with Gasteiger partial charge in [0.15, 0.2) is 11.6 Å². The van der Waals surface area contributed by atoms with Crippen molar-refractivity contribution >= 4 is 29.1 Å². The van der Waals surface area contributed by atoms with Crippen molar-refractivity contribution in [1.82, 2.24) is 10.2 Å². The van der Waals surface area contributed by atoms with Gasteiger partial charge in [-0.3, -0.25) is 14.7 Å². The van der Waals surface area contributed by atoms with Crippen LogP contribution in [-0.4, -0.2) is 34.8 Å². The number of H-pyrrole nitrogens is 1. The molecule has 0 spiro atoms. The van der Waals surface area contributed by atoms with Gasteiger partial charge in [0.05, 0.1) is 34.7 Å². The van der Waals surface area contributed by atoms with Crippen molar-refractivity contribution in [1.29, 1.82) is 0 Å². The van der Waals surface area contributed by atoms with Crippen LogP contribution in [0.1, 0.15) is 48.8 Å². The number of carbonyl (C=O) groups is 3. The molecule has 0 radical (unpaired) electrons. The van der Waals surface area contributed by atoms with Crippen molar-refractivity contribution in [2.24, 2.45) is 5.92 Å². The van der Waals surface area contributed by atoms with Crippen LogP contribution in [0.15, 0.2) is 42.5 Å². The van der Waals surface area contributed by atoms with Crippen LogP contribution in [0.25, 0.3) is 11.3 Å². The lowest BCUT2D eigenvalue weighted by atomic mass is 9.79. The van der Waals surface area contributed by atoms with Gasteiger partial charge in [0.1, 0.15) is 5.69 Å². The van der Waals surface area contributed by atoms with Crippen molar-refractivity contribution in [3.05, 3.63) is 75.4 Å². The van der Waals surface area contributed by atoms with E-state index >= 15 is 0 Å². The number of hydrogen-bond donors (Lipinski definition) is 1. The first-order valence-corrected chi connectivity index (χ1v) is 10.2. The molecular formula is C23H16ClF3N2O4. The molecule has 1 aromatic heterocycles. The van der Waals surface area contributed by atoms with Gasteiger partial charge in [-0.15, -0.1) is 0 Å². The number of aromatic nitrogens is 2. The molecule has 1 aliphatic rings. The Morgan fingerprint density at radius 2 is 1.85 bits per heavy atom. The predicted molar refractivity (Wildman–Crippen MR) is 112 cm³/mol. The number of rotatable bonds is 4. The zero-order valence-corrected chi connectivity index (χ0v) is 17.9. The van der Waals surface area contributed by atoms with E-state index in [4.69, 9.17) is 11.6 Å². The lowest BCUT2D eigenvalue weighted by Gasteiger charge is -2.22. The Labute approximate surface area is 190 Å². The lowest BCUT2D eigenvalue weighted by Crippen LogP contribution is -2.31. The highest BCUT2D eigenvalue weighted by Crippen LogP contribution is 2.39. The predicted octanol–water partition coefficient (Wildman–Crippen LogP) is 5.16. The number of ketones is 2. The van der Waals surface area contributed by atoms with Gasteiger partial charge in [0, 0.05) is 16.8 Å². The van der Waals surface area contributed by atoms with Crippen molar-refractivity contribution in [3.63, 3.8) is 0 Å². The van der Waals surface area contributed by atoms with E-state index in [-0.39, 0.29) is 29.1 Å². The number of nitrogens with one attached hydrogen (secondary N) is 1. The third-order valence-corrected chi connectivity index (χ3v) is 5.86. The van der Waals surface area contributed by atoms with Crippen LogP contribution in [-0.2, 0) is 17.3 Å². The normalized spacial score (nSPS) is 15.8. The Bertz CT molecular complexity index is 1270. The molecule has 1 aliphatic carbocycles.